The number of nitrogens with zero attached hydrogens (tertiary/aromatic N) is 1. The van der Waals surface area contributed by atoms with Gasteiger partial charge in [-0.1, -0.05) is 6.92 Å². The van der Waals surface area contributed by atoms with Crippen molar-refractivity contribution in [3.05, 3.63) is 28.2 Å². The van der Waals surface area contributed by atoms with Gasteiger partial charge in [-0.3, -0.25) is 4.79 Å². The van der Waals surface area contributed by atoms with Crippen molar-refractivity contribution in [2.45, 2.75) is 38.6 Å². The van der Waals surface area contributed by atoms with Crippen molar-refractivity contribution in [2.24, 2.45) is 0 Å². The lowest BCUT2D eigenvalue weighted by Gasteiger charge is -2.35. The van der Waals surface area contributed by atoms with Crippen LogP contribution in [0.4, 0.5) is 0 Å². The van der Waals surface area contributed by atoms with Gasteiger partial charge in [-0.2, -0.15) is 0 Å². The molecule has 1 amide bonds. The minimum absolute atomic E-state index is 0.109. The van der Waals surface area contributed by atoms with E-state index in [2.05, 4.69) is 22.9 Å². The lowest BCUT2D eigenvalue weighted by molar-refractivity contribution is 0.0606. The molecule has 1 fully saturated rings. The molecule has 0 aliphatic carbocycles. The molecule has 0 saturated carbocycles. The maximum absolute atomic E-state index is 12.7. The smallest absolute Gasteiger partial charge is 0.255 e. The molecule has 0 aromatic heterocycles. The summed E-state index contributed by atoms with van der Waals surface area (Å²) in [6.07, 6.45) is 4.46. The second kappa shape index (κ2) is 6.42. The monoisotopic (exact) mass is 325 g/mol. The fourth-order valence-corrected chi connectivity index (χ4v) is 3.06. The number of rotatable bonds is 3. The van der Waals surface area contributed by atoms with Crippen LogP contribution in [0.15, 0.2) is 22.7 Å². The van der Waals surface area contributed by atoms with Gasteiger partial charge in [0, 0.05) is 17.1 Å². The minimum Gasteiger partial charge on any atom is -0.497 e. The van der Waals surface area contributed by atoms with Crippen molar-refractivity contribution in [1.29, 1.82) is 0 Å². The van der Waals surface area contributed by atoms with Crippen LogP contribution in [-0.2, 0) is 0 Å². The van der Waals surface area contributed by atoms with Crippen LogP contribution in [0, 0.1) is 0 Å². The maximum Gasteiger partial charge on any atom is 0.255 e. The molecule has 1 unspecified atom stereocenters. The van der Waals surface area contributed by atoms with E-state index < -0.39 is 0 Å². The third-order valence-electron chi connectivity index (χ3n) is 3.76. The number of likely N-dealkylation sites (tertiary alicyclic amines) is 1. The van der Waals surface area contributed by atoms with Gasteiger partial charge in [-0.05, 0) is 59.8 Å². The highest BCUT2D eigenvalue weighted by atomic mass is 79.9. The average Bonchev–Trinajstić information content (AvgIpc) is 2.47. The number of ether oxygens (including phenoxy) is 1. The number of halogens is 1. The molecule has 1 saturated heterocycles. The highest BCUT2D eigenvalue weighted by Crippen LogP contribution is 2.27. The van der Waals surface area contributed by atoms with Crippen molar-refractivity contribution in [3.8, 4) is 5.75 Å². The fraction of sp³-hybridized carbons (Fsp3) is 0.533. The minimum atomic E-state index is 0.109. The molecule has 3 nitrogen and oxygen atoms in total. The highest BCUT2D eigenvalue weighted by molar-refractivity contribution is 9.10. The first kappa shape index (κ1) is 14.4. The van der Waals surface area contributed by atoms with Crippen LogP contribution in [0.5, 0.6) is 5.75 Å². The molecule has 1 atom stereocenters. The van der Waals surface area contributed by atoms with E-state index in [4.69, 9.17) is 4.74 Å². The molecule has 0 N–H and O–H groups in total. The zero-order valence-electron chi connectivity index (χ0n) is 11.5. The lowest BCUT2D eigenvalue weighted by atomic mass is 9.99. The molecule has 0 radical (unpaired) electrons. The lowest BCUT2D eigenvalue weighted by Crippen LogP contribution is -2.43. The van der Waals surface area contributed by atoms with Crippen molar-refractivity contribution < 1.29 is 9.53 Å². The van der Waals surface area contributed by atoms with Gasteiger partial charge in [-0.25, -0.2) is 0 Å². The SMILES string of the molecule is CCC1CCCCN1C(=O)c1cc(OC)ccc1Br. The Bertz CT molecular complexity index is 461. The number of carbonyl (C=O) groups excluding carboxylic acids is 1. The summed E-state index contributed by atoms with van der Waals surface area (Å²) in [6.45, 7) is 3.01. The fourth-order valence-electron chi connectivity index (χ4n) is 2.64. The number of piperidine rings is 1. The molecule has 1 aliphatic heterocycles. The van der Waals surface area contributed by atoms with Gasteiger partial charge in [0.25, 0.3) is 5.91 Å². The summed E-state index contributed by atoms with van der Waals surface area (Å²) in [5.74, 6) is 0.828. The molecular weight excluding hydrogens is 306 g/mol. The average molecular weight is 326 g/mol. The standard InChI is InChI=1S/C15H20BrNO2/c1-3-11-6-4-5-9-17(11)15(18)13-10-12(19-2)7-8-14(13)16/h7-8,10-11H,3-6,9H2,1-2H3. The Labute approximate surface area is 123 Å². The molecule has 0 bridgehead atoms. The Hall–Kier alpha value is -1.03. The van der Waals surface area contributed by atoms with Crippen LogP contribution in [-0.4, -0.2) is 30.5 Å². The summed E-state index contributed by atoms with van der Waals surface area (Å²) in [6, 6.07) is 5.92. The van der Waals surface area contributed by atoms with E-state index in [0.29, 0.717) is 11.6 Å². The number of benzene rings is 1. The van der Waals surface area contributed by atoms with Crippen LogP contribution in [0.1, 0.15) is 43.0 Å². The molecule has 2 rings (SSSR count). The number of hydrogen-bond donors (Lipinski definition) is 0. The Balaban J connectivity index is 2.27. The Morgan fingerprint density at radius 3 is 2.95 bits per heavy atom. The molecule has 1 aliphatic rings. The first-order valence-corrected chi connectivity index (χ1v) is 7.61. The molecule has 0 spiro atoms. The van der Waals surface area contributed by atoms with Gasteiger partial charge in [0.15, 0.2) is 0 Å². The predicted molar refractivity (Wildman–Crippen MR) is 79.7 cm³/mol. The van der Waals surface area contributed by atoms with E-state index in [1.807, 2.05) is 23.1 Å². The second-order valence-electron chi connectivity index (χ2n) is 4.90. The summed E-state index contributed by atoms with van der Waals surface area (Å²) >= 11 is 3.47. The van der Waals surface area contributed by atoms with E-state index >= 15 is 0 Å². The van der Waals surface area contributed by atoms with Crippen LogP contribution in [0.2, 0.25) is 0 Å². The second-order valence-corrected chi connectivity index (χ2v) is 5.76. The molecule has 1 heterocycles. The molecule has 1 aromatic carbocycles. The van der Waals surface area contributed by atoms with E-state index in [1.54, 1.807) is 7.11 Å². The summed E-state index contributed by atoms with van der Waals surface area (Å²) in [4.78, 5) is 14.7. The summed E-state index contributed by atoms with van der Waals surface area (Å²) in [5.41, 5.74) is 0.694. The van der Waals surface area contributed by atoms with E-state index in [1.165, 1.54) is 6.42 Å². The van der Waals surface area contributed by atoms with Crippen molar-refractivity contribution >= 4 is 21.8 Å². The highest BCUT2D eigenvalue weighted by Gasteiger charge is 2.27. The molecule has 4 heteroatoms. The van der Waals surface area contributed by atoms with Gasteiger partial charge in [-0.15, -0.1) is 0 Å². The van der Waals surface area contributed by atoms with E-state index in [-0.39, 0.29) is 5.91 Å². The Kier molecular flexibility index (Phi) is 4.86. The molecule has 104 valence electrons. The van der Waals surface area contributed by atoms with E-state index in [0.717, 1.165) is 36.0 Å². The largest absolute Gasteiger partial charge is 0.497 e. The van der Waals surface area contributed by atoms with Crippen LogP contribution >= 0.6 is 15.9 Å². The maximum atomic E-state index is 12.7. The molecular formula is C15H20BrNO2. The predicted octanol–water partition coefficient (Wildman–Crippen LogP) is 3.86. The van der Waals surface area contributed by atoms with Crippen LogP contribution < -0.4 is 4.74 Å². The van der Waals surface area contributed by atoms with Gasteiger partial charge >= 0.3 is 0 Å². The van der Waals surface area contributed by atoms with Gasteiger partial charge in [0.1, 0.15) is 5.75 Å². The number of carbonyl (C=O) groups is 1. The Morgan fingerprint density at radius 2 is 2.26 bits per heavy atom. The van der Waals surface area contributed by atoms with Gasteiger partial charge in [0.05, 0.1) is 12.7 Å². The van der Waals surface area contributed by atoms with Gasteiger partial charge < -0.3 is 9.64 Å². The third kappa shape index (κ3) is 3.11. The van der Waals surface area contributed by atoms with Crippen molar-refractivity contribution in [3.63, 3.8) is 0 Å². The third-order valence-corrected chi connectivity index (χ3v) is 4.45. The Morgan fingerprint density at radius 1 is 1.47 bits per heavy atom. The summed E-state index contributed by atoms with van der Waals surface area (Å²) in [7, 11) is 1.62. The zero-order chi connectivity index (χ0) is 13.8. The molecule has 19 heavy (non-hydrogen) atoms. The number of hydrogen-bond acceptors (Lipinski definition) is 2. The summed E-state index contributed by atoms with van der Waals surface area (Å²) in [5, 5.41) is 0. The van der Waals surface area contributed by atoms with Crippen molar-refractivity contribution in [1.82, 2.24) is 4.90 Å². The van der Waals surface area contributed by atoms with Gasteiger partial charge in [0.2, 0.25) is 0 Å². The topological polar surface area (TPSA) is 29.5 Å². The number of amides is 1. The number of methoxy groups -OCH3 is 1. The molecule has 1 aromatic rings. The van der Waals surface area contributed by atoms with E-state index in [9.17, 15) is 4.79 Å². The van der Waals surface area contributed by atoms with Crippen LogP contribution in [0.3, 0.4) is 0 Å². The van der Waals surface area contributed by atoms with Crippen LogP contribution in [0.25, 0.3) is 0 Å². The van der Waals surface area contributed by atoms with Crippen molar-refractivity contribution in [2.75, 3.05) is 13.7 Å². The zero-order valence-corrected chi connectivity index (χ0v) is 13.1. The normalized spacial score (nSPS) is 19.3. The summed E-state index contributed by atoms with van der Waals surface area (Å²) < 4.78 is 6.04. The quantitative estimate of drug-likeness (QED) is 0.844. The first-order chi connectivity index (χ1) is 9.17. The first-order valence-electron chi connectivity index (χ1n) is 6.82.